The highest BCUT2D eigenvalue weighted by Gasteiger charge is 2.20. The lowest BCUT2D eigenvalue weighted by molar-refractivity contribution is -0.121. The number of nitrogens with two attached hydrogens (primary N) is 1. The number of ether oxygens (including phenoxy) is 2. The van der Waals surface area contributed by atoms with E-state index in [4.69, 9.17) is 15.2 Å². The van der Waals surface area contributed by atoms with Crippen molar-refractivity contribution in [3.63, 3.8) is 0 Å². The van der Waals surface area contributed by atoms with Gasteiger partial charge in [-0.1, -0.05) is 6.92 Å². The third-order valence-corrected chi connectivity index (χ3v) is 3.26. The van der Waals surface area contributed by atoms with Crippen LogP contribution in [0.2, 0.25) is 0 Å². The number of benzene rings is 1. The van der Waals surface area contributed by atoms with Gasteiger partial charge in [-0.05, 0) is 25.1 Å². The van der Waals surface area contributed by atoms with E-state index in [0.717, 1.165) is 11.4 Å². The zero-order chi connectivity index (χ0) is 13.8. The zero-order valence-corrected chi connectivity index (χ0v) is 11.4. The molecule has 2 N–H and O–H groups in total. The fourth-order valence-corrected chi connectivity index (χ4v) is 2.07. The van der Waals surface area contributed by atoms with Gasteiger partial charge in [0.25, 0.3) is 0 Å². The summed E-state index contributed by atoms with van der Waals surface area (Å²) >= 11 is 0. The molecule has 1 aromatic carbocycles. The molecule has 1 heterocycles. The van der Waals surface area contributed by atoms with E-state index in [9.17, 15) is 4.79 Å². The van der Waals surface area contributed by atoms with Crippen molar-refractivity contribution in [2.45, 2.75) is 13.3 Å². The van der Waals surface area contributed by atoms with E-state index in [-0.39, 0.29) is 11.8 Å². The van der Waals surface area contributed by atoms with Gasteiger partial charge >= 0.3 is 0 Å². The lowest BCUT2D eigenvalue weighted by Gasteiger charge is -2.24. The van der Waals surface area contributed by atoms with Gasteiger partial charge in [0.2, 0.25) is 5.91 Å². The highest BCUT2D eigenvalue weighted by molar-refractivity contribution is 5.94. The van der Waals surface area contributed by atoms with Crippen LogP contribution in [0.4, 0.5) is 5.69 Å². The third kappa shape index (κ3) is 2.98. The molecule has 5 nitrogen and oxygen atoms in total. The number of fused-ring (bicyclic) bond motifs is 1. The van der Waals surface area contributed by atoms with Crippen LogP contribution in [0.1, 0.15) is 13.3 Å². The van der Waals surface area contributed by atoms with E-state index in [1.165, 1.54) is 0 Å². The summed E-state index contributed by atoms with van der Waals surface area (Å²) in [6.07, 6.45) is 0.688. The SMILES string of the molecule is CC(CCN)C(=O)N(C)c1ccc2c(c1)OCCO2. The van der Waals surface area contributed by atoms with Crippen LogP contribution in [0.3, 0.4) is 0 Å². The molecular formula is C14H20N2O3. The van der Waals surface area contributed by atoms with Gasteiger partial charge in [-0.3, -0.25) is 4.79 Å². The van der Waals surface area contributed by atoms with E-state index >= 15 is 0 Å². The molecule has 19 heavy (non-hydrogen) atoms. The van der Waals surface area contributed by atoms with Gasteiger partial charge in [0.1, 0.15) is 13.2 Å². The maximum absolute atomic E-state index is 12.2. The van der Waals surface area contributed by atoms with Crippen LogP contribution in [-0.4, -0.2) is 32.7 Å². The topological polar surface area (TPSA) is 64.8 Å². The molecule has 1 aromatic rings. The minimum absolute atomic E-state index is 0.0575. The standard InChI is InChI=1S/C14H20N2O3/c1-10(5-6-15)14(17)16(2)11-3-4-12-13(9-11)19-8-7-18-12/h3-4,9-10H,5-8,15H2,1-2H3. The molecule has 1 aliphatic rings. The third-order valence-electron chi connectivity index (χ3n) is 3.26. The average Bonchev–Trinajstić information content (AvgIpc) is 2.45. The normalized spacial score (nSPS) is 14.9. The van der Waals surface area contributed by atoms with E-state index < -0.39 is 0 Å². The van der Waals surface area contributed by atoms with E-state index in [1.54, 1.807) is 11.9 Å². The molecule has 5 heteroatoms. The van der Waals surface area contributed by atoms with Gasteiger partial charge in [0, 0.05) is 24.7 Å². The van der Waals surface area contributed by atoms with Crippen LogP contribution in [0, 0.1) is 5.92 Å². The second kappa shape index (κ2) is 5.93. The Morgan fingerprint density at radius 1 is 1.37 bits per heavy atom. The van der Waals surface area contributed by atoms with Crippen molar-refractivity contribution in [1.29, 1.82) is 0 Å². The van der Waals surface area contributed by atoms with Crippen LogP contribution >= 0.6 is 0 Å². The summed E-state index contributed by atoms with van der Waals surface area (Å²) in [5, 5.41) is 0. The fourth-order valence-electron chi connectivity index (χ4n) is 2.07. The minimum Gasteiger partial charge on any atom is -0.486 e. The summed E-state index contributed by atoms with van der Waals surface area (Å²) in [6, 6.07) is 5.53. The molecule has 0 spiro atoms. The molecule has 0 aromatic heterocycles. The molecule has 0 saturated heterocycles. The van der Waals surface area contributed by atoms with Crippen LogP contribution in [-0.2, 0) is 4.79 Å². The molecule has 1 atom stereocenters. The van der Waals surface area contributed by atoms with Crippen molar-refractivity contribution in [1.82, 2.24) is 0 Å². The smallest absolute Gasteiger partial charge is 0.229 e. The summed E-state index contributed by atoms with van der Waals surface area (Å²) < 4.78 is 11.0. The highest BCUT2D eigenvalue weighted by Crippen LogP contribution is 2.34. The number of nitrogens with zero attached hydrogens (tertiary/aromatic N) is 1. The van der Waals surface area contributed by atoms with Crippen LogP contribution in [0.25, 0.3) is 0 Å². The Kier molecular flexibility index (Phi) is 4.27. The summed E-state index contributed by atoms with van der Waals surface area (Å²) in [4.78, 5) is 13.8. The summed E-state index contributed by atoms with van der Waals surface area (Å²) in [5.74, 6) is 1.39. The van der Waals surface area contributed by atoms with Crippen molar-refractivity contribution >= 4 is 11.6 Å². The Bertz CT molecular complexity index is 462. The summed E-state index contributed by atoms with van der Waals surface area (Å²) in [7, 11) is 1.76. The molecule has 0 fully saturated rings. The van der Waals surface area contributed by atoms with Crippen molar-refractivity contribution in [3.8, 4) is 11.5 Å². The number of carbonyl (C=O) groups is 1. The summed E-state index contributed by atoms with van der Waals surface area (Å²) in [5.41, 5.74) is 6.29. The molecule has 2 rings (SSSR count). The van der Waals surface area contributed by atoms with E-state index in [1.807, 2.05) is 25.1 Å². The Morgan fingerprint density at radius 3 is 2.74 bits per heavy atom. The number of amides is 1. The second-order valence-electron chi connectivity index (χ2n) is 4.70. The Labute approximate surface area is 113 Å². The first-order chi connectivity index (χ1) is 9.13. The maximum atomic E-state index is 12.2. The molecule has 0 aliphatic carbocycles. The van der Waals surface area contributed by atoms with Gasteiger partial charge in [0.05, 0.1) is 0 Å². The molecule has 104 valence electrons. The van der Waals surface area contributed by atoms with Gasteiger partial charge in [-0.2, -0.15) is 0 Å². The van der Waals surface area contributed by atoms with Gasteiger partial charge in [0.15, 0.2) is 11.5 Å². The Morgan fingerprint density at radius 2 is 2.05 bits per heavy atom. The van der Waals surface area contributed by atoms with Gasteiger partial charge in [-0.15, -0.1) is 0 Å². The predicted molar refractivity (Wildman–Crippen MR) is 73.7 cm³/mol. The van der Waals surface area contributed by atoms with Crippen molar-refractivity contribution in [2.75, 3.05) is 31.7 Å². The molecule has 0 bridgehead atoms. The molecule has 1 amide bonds. The van der Waals surface area contributed by atoms with Gasteiger partial charge < -0.3 is 20.1 Å². The molecular weight excluding hydrogens is 244 g/mol. The van der Waals surface area contributed by atoms with E-state index in [0.29, 0.717) is 31.9 Å². The van der Waals surface area contributed by atoms with Crippen molar-refractivity contribution < 1.29 is 14.3 Å². The number of carbonyl (C=O) groups excluding carboxylic acids is 1. The molecule has 0 saturated carbocycles. The maximum Gasteiger partial charge on any atom is 0.229 e. The zero-order valence-electron chi connectivity index (χ0n) is 11.4. The monoisotopic (exact) mass is 264 g/mol. The quantitative estimate of drug-likeness (QED) is 0.893. The molecule has 0 radical (unpaired) electrons. The van der Waals surface area contributed by atoms with Crippen LogP contribution < -0.4 is 20.1 Å². The first kappa shape index (κ1) is 13.7. The number of rotatable bonds is 4. The Hall–Kier alpha value is -1.75. The fraction of sp³-hybridized carbons (Fsp3) is 0.500. The predicted octanol–water partition coefficient (Wildman–Crippen LogP) is 1.41. The molecule has 1 aliphatic heterocycles. The Balaban J connectivity index is 2.15. The van der Waals surface area contributed by atoms with E-state index in [2.05, 4.69) is 0 Å². The lowest BCUT2D eigenvalue weighted by atomic mass is 10.1. The van der Waals surface area contributed by atoms with Crippen LogP contribution in [0.15, 0.2) is 18.2 Å². The lowest BCUT2D eigenvalue weighted by Crippen LogP contribution is -2.32. The molecule has 1 unspecified atom stereocenters. The minimum atomic E-state index is -0.0804. The average molecular weight is 264 g/mol. The first-order valence-electron chi connectivity index (χ1n) is 6.50. The highest BCUT2D eigenvalue weighted by atomic mass is 16.6. The van der Waals surface area contributed by atoms with Crippen molar-refractivity contribution in [3.05, 3.63) is 18.2 Å². The second-order valence-corrected chi connectivity index (χ2v) is 4.70. The van der Waals surface area contributed by atoms with Crippen molar-refractivity contribution in [2.24, 2.45) is 11.7 Å². The van der Waals surface area contributed by atoms with Crippen LogP contribution in [0.5, 0.6) is 11.5 Å². The largest absolute Gasteiger partial charge is 0.486 e. The number of hydrogen-bond acceptors (Lipinski definition) is 4. The number of hydrogen-bond donors (Lipinski definition) is 1. The summed E-state index contributed by atoms with van der Waals surface area (Å²) in [6.45, 7) is 3.51. The number of anilines is 1. The first-order valence-corrected chi connectivity index (χ1v) is 6.50. The van der Waals surface area contributed by atoms with Gasteiger partial charge in [-0.25, -0.2) is 0 Å².